The van der Waals surface area contributed by atoms with Crippen LogP contribution in [0.25, 0.3) is 0 Å². The SMILES string of the molecule is NCC(c1cccc(Cl)n1)C(F)F. The van der Waals surface area contributed by atoms with Gasteiger partial charge in [0.15, 0.2) is 0 Å². The van der Waals surface area contributed by atoms with E-state index in [-0.39, 0.29) is 17.4 Å². The van der Waals surface area contributed by atoms with Gasteiger partial charge in [0.2, 0.25) is 6.43 Å². The first-order valence-corrected chi connectivity index (χ1v) is 4.13. The Morgan fingerprint density at radius 3 is 2.62 bits per heavy atom. The quantitative estimate of drug-likeness (QED) is 0.769. The molecule has 0 bridgehead atoms. The van der Waals surface area contributed by atoms with Crippen molar-refractivity contribution in [3.8, 4) is 0 Å². The number of hydrogen-bond donors (Lipinski definition) is 1. The number of hydrogen-bond acceptors (Lipinski definition) is 2. The minimum atomic E-state index is -2.50. The lowest BCUT2D eigenvalue weighted by Gasteiger charge is -2.12. The van der Waals surface area contributed by atoms with Crippen LogP contribution in [0.5, 0.6) is 0 Å². The maximum absolute atomic E-state index is 12.4. The molecule has 0 aliphatic carbocycles. The zero-order chi connectivity index (χ0) is 9.84. The molecule has 0 aromatic carbocycles. The van der Waals surface area contributed by atoms with Gasteiger partial charge in [0.05, 0.1) is 11.6 Å². The monoisotopic (exact) mass is 206 g/mol. The Hall–Kier alpha value is -0.740. The highest BCUT2D eigenvalue weighted by Gasteiger charge is 2.21. The summed E-state index contributed by atoms with van der Waals surface area (Å²) in [5, 5.41) is 0.205. The molecule has 0 radical (unpaired) electrons. The van der Waals surface area contributed by atoms with Gasteiger partial charge in [-0.15, -0.1) is 0 Å². The lowest BCUT2D eigenvalue weighted by Crippen LogP contribution is -2.20. The summed E-state index contributed by atoms with van der Waals surface area (Å²) in [5.74, 6) is -1.03. The molecule has 0 amide bonds. The minimum Gasteiger partial charge on any atom is -0.330 e. The second-order valence-corrected chi connectivity index (χ2v) is 2.95. The molecular weight excluding hydrogens is 198 g/mol. The minimum absolute atomic E-state index is 0.134. The molecule has 0 saturated carbocycles. The smallest absolute Gasteiger partial charge is 0.248 e. The molecule has 1 aromatic rings. The van der Waals surface area contributed by atoms with Crippen molar-refractivity contribution in [1.29, 1.82) is 0 Å². The highest BCUT2D eigenvalue weighted by atomic mass is 35.5. The van der Waals surface area contributed by atoms with E-state index in [9.17, 15) is 8.78 Å². The molecule has 2 nitrogen and oxygen atoms in total. The average molecular weight is 207 g/mol. The Kier molecular flexibility index (Phi) is 3.57. The lowest BCUT2D eigenvalue weighted by atomic mass is 10.1. The van der Waals surface area contributed by atoms with Gasteiger partial charge in [0.1, 0.15) is 5.15 Å². The van der Waals surface area contributed by atoms with Crippen LogP contribution in [0.1, 0.15) is 11.6 Å². The van der Waals surface area contributed by atoms with Crippen LogP contribution in [-0.4, -0.2) is 18.0 Å². The van der Waals surface area contributed by atoms with Gasteiger partial charge >= 0.3 is 0 Å². The zero-order valence-electron chi connectivity index (χ0n) is 6.75. The van der Waals surface area contributed by atoms with E-state index in [0.717, 1.165) is 0 Å². The van der Waals surface area contributed by atoms with Gasteiger partial charge in [-0.1, -0.05) is 17.7 Å². The van der Waals surface area contributed by atoms with Crippen molar-refractivity contribution in [2.45, 2.75) is 12.3 Å². The number of alkyl halides is 2. The van der Waals surface area contributed by atoms with Gasteiger partial charge < -0.3 is 5.73 Å². The highest BCUT2D eigenvalue weighted by molar-refractivity contribution is 6.29. The average Bonchev–Trinajstić information content (AvgIpc) is 2.04. The van der Waals surface area contributed by atoms with Crippen molar-refractivity contribution in [3.63, 3.8) is 0 Å². The highest BCUT2D eigenvalue weighted by Crippen LogP contribution is 2.21. The van der Waals surface area contributed by atoms with Gasteiger partial charge in [-0.2, -0.15) is 0 Å². The molecule has 72 valence electrons. The first-order valence-electron chi connectivity index (χ1n) is 3.76. The van der Waals surface area contributed by atoms with Gasteiger partial charge in [-0.25, -0.2) is 13.8 Å². The first-order chi connectivity index (χ1) is 6.15. The van der Waals surface area contributed by atoms with Crippen molar-refractivity contribution in [1.82, 2.24) is 4.98 Å². The maximum Gasteiger partial charge on any atom is 0.248 e. The van der Waals surface area contributed by atoms with Gasteiger partial charge in [-0.05, 0) is 12.1 Å². The fourth-order valence-corrected chi connectivity index (χ4v) is 1.15. The van der Waals surface area contributed by atoms with Crippen molar-refractivity contribution >= 4 is 11.6 Å². The van der Waals surface area contributed by atoms with E-state index in [0.29, 0.717) is 0 Å². The van der Waals surface area contributed by atoms with E-state index < -0.39 is 12.3 Å². The summed E-state index contributed by atoms with van der Waals surface area (Å²) < 4.78 is 24.7. The Balaban J connectivity index is 2.91. The van der Waals surface area contributed by atoms with E-state index in [1.807, 2.05) is 0 Å². The van der Waals surface area contributed by atoms with Crippen molar-refractivity contribution in [2.75, 3.05) is 6.54 Å². The number of aromatic nitrogens is 1. The van der Waals surface area contributed by atoms with Crippen LogP contribution >= 0.6 is 11.6 Å². The normalized spacial score (nSPS) is 13.3. The molecule has 1 unspecified atom stereocenters. The van der Waals surface area contributed by atoms with Crippen LogP contribution < -0.4 is 5.73 Å². The molecule has 1 heterocycles. The second-order valence-electron chi connectivity index (χ2n) is 2.56. The standard InChI is InChI=1S/C8H9ClF2N2/c9-7-3-1-2-6(13-7)5(4-12)8(10)11/h1-3,5,8H,4,12H2. The largest absolute Gasteiger partial charge is 0.330 e. The lowest BCUT2D eigenvalue weighted by molar-refractivity contribution is 0.115. The van der Waals surface area contributed by atoms with Crippen LogP contribution in [0, 0.1) is 0 Å². The number of halogens is 3. The van der Waals surface area contributed by atoms with Crippen LogP contribution in [-0.2, 0) is 0 Å². The van der Waals surface area contributed by atoms with Crippen molar-refractivity contribution < 1.29 is 8.78 Å². The predicted molar refractivity (Wildman–Crippen MR) is 47.0 cm³/mol. The van der Waals surface area contributed by atoms with Crippen LogP contribution in [0.15, 0.2) is 18.2 Å². The Morgan fingerprint density at radius 1 is 1.46 bits per heavy atom. The molecule has 0 spiro atoms. The summed E-state index contributed by atoms with van der Waals surface area (Å²) in [6.45, 7) is -0.134. The van der Waals surface area contributed by atoms with Crippen LogP contribution in [0.4, 0.5) is 8.78 Å². The van der Waals surface area contributed by atoms with Gasteiger partial charge in [0.25, 0.3) is 0 Å². The van der Waals surface area contributed by atoms with Gasteiger partial charge in [-0.3, -0.25) is 0 Å². The molecule has 0 aliphatic heterocycles. The number of pyridine rings is 1. The summed E-state index contributed by atoms with van der Waals surface area (Å²) in [6, 6.07) is 4.61. The number of nitrogens with zero attached hydrogens (tertiary/aromatic N) is 1. The summed E-state index contributed by atoms with van der Waals surface area (Å²) in [6.07, 6.45) is -2.50. The van der Waals surface area contributed by atoms with Crippen molar-refractivity contribution in [2.24, 2.45) is 5.73 Å². The van der Waals surface area contributed by atoms with E-state index in [1.54, 1.807) is 6.07 Å². The molecule has 0 aliphatic rings. The number of nitrogens with two attached hydrogens (primary N) is 1. The molecule has 1 aromatic heterocycles. The maximum atomic E-state index is 12.4. The fourth-order valence-electron chi connectivity index (χ4n) is 0.983. The zero-order valence-corrected chi connectivity index (χ0v) is 7.51. The molecule has 13 heavy (non-hydrogen) atoms. The molecule has 5 heteroatoms. The molecule has 0 fully saturated rings. The molecule has 0 saturated heterocycles. The molecule has 2 N–H and O–H groups in total. The van der Waals surface area contributed by atoms with E-state index >= 15 is 0 Å². The first kappa shape index (κ1) is 10.3. The van der Waals surface area contributed by atoms with Gasteiger partial charge in [0, 0.05) is 6.54 Å². The Morgan fingerprint density at radius 2 is 2.15 bits per heavy atom. The summed E-state index contributed by atoms with van der Waals surface area (Å²) in [5.41, 5.74) is 5.43. The van der Waals surface area contributed by atoms with E-state index in [1.165, 1.54) is 12.1 Å². The van der Waals surface area contributed by atoms with Crippen molar-refractivity contribution in [3.05, 3.63) is 29.0 Å². The molecule has 1 rings (SSSR count). The Labute approximate surface area is 79.7 Å². The van der Waals surface area contributed by atoms with E-state index in [4.69, 9.17) is 17.3 Å². The van der Waals surface area contributed by atoms with E-state index in [2.05, 4.69) is 4.98 Å². The third kappa shape index (κ3) is 2.60. The summed E-state index contributed by atoms with van der Waals surface area (Å²) >= 11 is 5.55. The fraction of sp³-hybridized carbons (Fsp3) is 0.375. The second kappa shape index (κ2) is 4.48. The van der Waals surface area contributed by atoms with Crippen LogP contribution in [0.3, 0.4) is 0 Å². The summed E-state index contributed by atoms with van der Waals surface area (Å²) in [4.78, 5) is 3.77. The molecule has 1 atom stereocenters. The topological polar surface area (TPSA) is 38.9 Å². The molecular formula is C8H9ClF2N2. The number of rotatable bonds is 3. The Bertz CT molecular complexity index is 281. The van der Waals surface area contributed by atoms with Crippen LogP contribution in [0.2, 0.25) is 5.15 Å². The third-order valence-corrected chi connectivity index (χ3v) is 1.89. The third-order valence-electron chi connectivity index (χ3n) is 1.67. The predicted octanol–water partition coefficient (Wildman–Crippen LogP) is 2.04. The summed E-state index contributed by atoms with van der Waals surface area (Å²) in [7, 11) is 0.